The largest absolute Gasteiger partial charge is 0.396 e. The van der Waals surface area contributed by atoms with Gasteiger partial charge >= 0.3 is 0 Å². The predicted octanol–water partition coefficient (Wildman–Crippen LogP) is 2.08. The van der Waals surface area contributed by atoms with Gasteiger partial charge in [0, 0.05) is 24.3 Å². The molecule has 2 aromatic rings. The van der Waals surface area contributed by atoms with Crippen molar-refractivity contribution in [3.8, 4) is 5.69 Å². The molecule has 0 saturated carbocycles. The molecule has 0 fully saturated rings. The Labute approximate surface area is 113 Å². The fraction of sp³-hybridized carbons (Fsp3) is 0.400. The summed E-state index contributed by atoms with van der Waals surface area (Å²) in [4.78, 5) is 0. The van der Waals surface area contributed by atoms with Crippen LogP contribution in [0.2, 0.25) is 0 Å². The standard InChI is InChI=1S/C15H21N3O/c1-15(2,16)14(8-9-19)12-10-17-18(11-12)13-6-4-3-5-7-13/h3-7,10-11,14,19H,8-9,16H2,1-2H3. The molecule has 1 heterocycles. The van der Waals surface area contributed by atoms with E-state index in [2.05, 4.69) is 5.10 Å². The Hall–Kier alpha value is -1.65. The summed E-state index contributed by atoms with van der Waals surface area (Å²) in [5.41, 5.74) is 7.90. The van der Waals surface area contributed by atoms with Gasteiger partial charge in [-0.25, -0.2) is 4.68 Å². The van der Waals surface area contributed by atoms with E-state index in [1.54, 1.807) is 0 Å². The summed E-state index contributed by atoms with van der Waals surface area (Å²) in [6.07, 6.45) is 4.47. The van der Waals surface area contributed by atoms with Gasteiger partial charge in [-0.3, -0.25) is 0 Å². The summed E-state index contributed by atoms with van der Waals surface area (Å²) < 4.78 is 1.84. The highest BCUT2D eigenvalue weighted by Gasteiger charge is 2.27. The average Bonchev–Trinajstić information content (AvgIpc) is 2.84. The molecule has 1 aromatic heterocycles. The second-order valence-corrected chi connectivity index (χ2v) is 5.44. The minimum absolute atomic E-state index is 0.0926. The third-order valence-electron chi connectivity index (χ3n) is 3.34. The van der Waals surface area contributed by atoms with E-state index in [9.17, 15) is 5.11 Å². The van der Waals surface area contributed by atoms with E-state index in [1.807, 2.05) is 61.3 Å². The van der Waals surface area contributed by atoms with Crippen molar-refractivity contribution in [1.29, 1.82) is 0 Å². The Kier molecular flexibility index (Phi) is 4.02. The number of aliphatic hydroxyl groups is 1. The van der Waals surface area contributed by atoms with E-state index in [0.29, 0.717) is 6.42 Å². The van der Waals surface area contributed by atoms with Crippen molar-refractivity contribution in [3.63, 3.8) is 0 Å². The first kappa shape index (κ1) is 13.8. The number of aliphatic hydroxyl groups excluding tert-OH is 1. The average molecular weight is 259 g/mol. The van der Waals surface area contributed by atoms with Crippen LogP contribution in [0.1, 0.15) is 31.7 Å². The molecule has 0 spiro atoms. The smallest absolute Gasteiger partial charge is 0.0645 e. The Morgan fingerprint density at radius 2 is 2.00 bits per heavy atom. The molecular formula is C15H21N3O. The number of aromatic nitrogens is 2. The second kappa shape index (κ2) is 5.55. The van der Waals surface area contributed by atoms with Crippen LogP contribution >= 0.6 is 0 Å². The molecule has 1 aromatic carbocycles. The predicted molar refractivity (Wildman–Crippen MR) is 76.3 cm³/mol. The summed E-state index contributed by atoms with van der Waals surface area (Å²) in [7, 11) is 0. The van der Waals surface area contributed by atoms with Crippen LogP contribution in [0.5, 0.6) is 0 Å². The third-order valence-corrected chi connectivity index (χ3v) is 3.34. The first-order valence-electron chi connectivity index (χ1n) is 6.52. The maximum atomic E-state index is 9.20. The van der Waals surface area contributed by atoms with Crippen LogP contribution < -0.4 is 5.73 Å². The number of para-hydroxylation sites is 1. The zero-order valence-corrected chi connectivity index (χ0v) is 11.5. The Balaban J connectivity index is 2.29. The van der Waals surface area contributed by atoms with Crippen molar-refractivity contribution in [2.75, 3.05) is 6.61 Å². The van der Waals surface area contributed by atoms with Crippen molar-refractivity contribution in [3.05, 3.63) is 48.3 Å². The normalized spacial score (nSPS) is 13.5. The monoisotopic (exact) mass is 259 g/mol. The summed E-state index contributed by atoms with van der Waals surface area (Å²) >= 11 is 0. The molecule has 2 rings (SSSR count). The highest BCUT2D eigenvalue weighted by atomic mass is 16.3. The summed E-state index contributed by atoms with van der Waals surface area (Å²) in [6, 6.07) is 9.95. The number of hydrogen-bond acceptors (Lipinski definition) is 3. The molecule has 0 aliphatic rings. The molecule has 0 radical (unpaired) electrons. The highest BCUT2D eigenvalue weighted by molar-refractivity contribution is 5.32. The SMILES string of the molecule is CC(C)(N)C(CCO)c1cnn(-c2ccccc2)c1. The second-order valence-electron chi connectivity index (χ2n) is 5.44. The van der Waals surface area contributed by atoms with Gasteiger partial charge in [-0.05, 0) is 38.0 Å². The molecule has 0 aliphatic heterocycles. The molecular weight excluding hydrogens is 238 g/mol. The van der Waals surface area contributed by atoms with Gasteiger partial charge in [-0.1, -0.05) is 18.2 Å². The Bertz CT molecular complexity index is 514. The van der Waals surface area contributed by atoms with Crippen molar-refractivity contribution in [2.24, 2.45) is 5.73 Å². The number of benzene rings is 1. The molecule has 0 saturated heterocycles. The topological polar surface area (TPSA) is 64.1 Å². The Morgan fingerprint density at radius 1 is 1.32 bits per heavy atom. The van der Waals surface area contributed by atoms with E-state index in [1.165, 1.54) is 0 Å². The van der Waals surface area contributed by atoms with Gasteiger partial charge in [0.15, 0.2) is 0 Å². The summed E-state index contributed by atoms with van der Waals surface area (Å²) in [5, 5.41) is 13.6. The fourth-order valence-corrected chi connectivity index (χ4v) is 2.34. The van der Waals surface area contributed by atoms with Crippen LogP contribution in [0.25, 0.3) is 5.69 Å². The van der Waals surface area contributed by atoms with Gasteiger partial charge in [0.05, 0.1) is 11.9 Å². The van der Waals surface area contributed by atoms with Gasteiger partial charge in [-0.15, -0.1) is 0 Å². The molecule has 0 aliphatic carbocycles. The fourth-order valence-electron chi connectivity index (χ4n) is 2.34. The number of rotatable bonds is 5. The first-order valence-corrected chi connectivity index (χ1v) is 6.52. The number of nitrogens with two attached hydrogens (primary N) is 1. The molecule has 0 amide bonds. The third kappa shape index (κ3) is 3.22. The van der Waals surface area contributed by atoms with Crippen molar-refractivity contribution in [2.45, 2.75) is 31.7 Å². The molecule has 0 bridgehead atoms. The van der Waals surface area contributed by atoms with Crippen LogP contribution in [0.4, 0.5) is 0 Å². The lowest BCUT2D eigenvalue weighted by atomic mass is 9.82. The molecule has 3 N–H and O–H groups in total. The number of hydrogen-bond donors (Lipinski definition) is 2. The van der Waals surface area contributed by atoms with E-state index >= 15 is 0 Å². The molecule has 102 valence electrons. The van der Waals surface area contributed by atoms with Crippen LogP contribution in [0, 0.1) is 0 Å². The molecule has 1 unspecified atom stereocenters. The number of nitrogens with zero attached hydrogens (tertiary/aromatic N) is 2. The maximum Gasteiger partial charge on any atom is 0.0645 e. The van der Waals surface area contributed by atoms with Crippen LogP contribution in [-0.4, -0.2) is 27.0 Å². The van der Waals surface area contributed by atoms with Crippen LogP contribution in [0.3, 0.4) is 0 Å². The zero-order valence-electron chi connectivity index (χ0n) is 11.5. The van der Waals surface area contributed by atoms with Gasteiger partial charge in [0.25, 0.3) is 0 Å². The lowest BCUT2D eigenvalue weighted by molar-refractivity contribution is 0.250. The minimum Gasteiger partial charge on any atom is -0.396 e. The van der Waals surface area contributed by atoms with Gasteiger partial charge in [0.2, 0.25) is 0 Å². The lowest BCUT2D eigenvalue weighted by Crippen LogP contribution is -2.39. The summed E-state index contributed by atoms with van der Waals surface area (Å²) in [6.45, 7) is 4.09. The Morgan fingerprint density at radius 3 is 2.58 bits per heavy atom. The lowest BCUT2D eigenvalue weighted by Gasteiger charge is -2.29. The van der Waals surface area contributed by atoms with Crippen LogP contribution in [0.15, 0.2) is 42.7 Å². The van der Waals surface area contributed by atoms with Crippen molar-refractivity contribution in [1.82, 2.24) is 9.78 Å². The molecule has 19 heavy (non-hydrogen) atoms. The van der Waals surface area contributed by atoms with Gasteiger partial charge in [0.1, 0.15) is 0 Å². The van der Waals surface area contributed by atoms with Crippen molar-refractivity contribution >= 4 is 0 Å². The van der Waals surface area contributed by atoms with E-state index < -0.39 is 0 Å². The summed E-state index contributed by atoms with van der Waals surface area (Å²) in [5.74, 6) is 0.0926. The van der Waals surface area contributed by atoms with Gasteiger partial charge < -0.3 is 10.8 Å². The van der Waals surface area contributed by atoms with Crippen molar-refractivity contribution < 1.29 is 5.11 Å². The van der Waals surface area contributed by atoms with E-state index in [-0.39, 0.29) is 18.1 Å². The minimum atomic E-state index is -0.382. The molecule has 4 heteroatoms. The highest BCUT2D eigenvalue weighted by Crippen LogP contribution is 2.29. The van der Waals surface area contributed by atoms with Gasteiger partial charge in [-0.2, -0.15) is 5.10 Å². The quantitative estimate of drug-likeness (QED) is 0.864. The van der Waals surface area contributed by atoms with E-state index in [4.69, 9.17) is 5.73 Å². The maximum absolute atomic E-state index is 9.20. The van der Waals surface area contributed by atoms with Crippen LogP contribution in [-0.2, 0) is 0 Å². The first-order chi connectivity index (χ1) is 9.02. The molecule has 4 nitrogen and oxygen atoms in total. The molecule has 1 atom stereocenters. The zero-order chi connectivity index (χ0) is 13.9. The van der Waals surface area contributed by atoms with E-state index in [0.717, 1.165) is 11.3 Å².